The van der Waals surface area contributed by atoms with Gasteiger partial charge in [0.15, 0.2) is 11.5 Å². The highest BCUT2D eigenvalue weighted by Crippen LogP contribution is 2.33. The molecular formula is C22H19Cl2FN2O5S. The van der Waals surface area contributed by atoms with Crippen LogP contribution in [0, 0.1) is 5.82 Å². The molecule has 3 aromatic rings. The maximum atomic E-state index is 14.6. The van der Waals surface area contributed by atoms with E-state index in [4.69, 9.17) is 32.7 Å². The van der Waals surface area contributed by atoms with Gasteiger partial charge in [0.1, 0.15) is 12.4 Å². The minimum absolute atomic E-state index is 0.157. The summed E-state index contributed by atoms with van der Waals surface area (Å²) in [5, 5.41) is 3.09. The van der Waals surface area contributed by atoms with Crippen LogP contribution in [0.2, 0.25) is 10.0 Å². The SMILES string of the molecule is COc1ccc(S(=O)(=O)N(CC(=O)Nc2cc(Cl)cc(Cl)c2)c2ccccc2F)cc1OC. The van der Waals surface area contributed by atoms with E-state index in [9.17, 15) is 17.6 Å². The number of benzene rings is 3. The van der Waals surface area contributed by atoms with Crippen molar-refractivity contribution in [2.75, 3.05) is 30.4 Å². The second kappa shape index (κ2) is 10.3. The Morgan fingerprint density at radius 1 is 0.970 bits per heavy atom. The molecule has 174 valence electrons. The lowest BCUT2D eigenvalue weighted by Gasteiger charge is -2.25. The molecule has 1 amide bonds. The van der Waals surface area contributed by atoms with Crippen LogP contribution in [0.15, 0.2) is 65.6 Å². The fraction of sp³-hybridized carbons (Fsp3) is 0.136. The van der Waals surface area contributed by atoms with Crippen molar-refractivity contribution in [2.24, 2.45) is 0 Å². The molecule has 0 fully saturated rings. The molecule has 0 saturated heterocycles. The molecule has 0 unspecified atom stereocenters. The summed E-state index contributed by atoms with van der Waals surface area (Å²) in [6.07, 6.45) is 0. The number of anilines is 2. The molecule has 7 nitrogen and oxygen atoms in total. The first-order chi connectivity index (χ1) is 15.6. The van der Waals surface area contributed by atoms with E-state index >= 15 is 0 Å². The average molecular weight is 513 g/mol. The summed E-state index contributed by atoms with van der Waals surface area (Å²) in [5.74, 6) is -1.09. The van der Waals surface area contributed by atoms with Crippen molar-refractivity contribution in [3.63, 3.8) is 0 Å². The molecule has 0 aliphatic heterocycles. The van der Waals surface area contributed by atoms with Crippen molar-refractivity contribution in [1.82, 2.24) is 0 Å². The van der Waals surface area contributed by atoms with Crippen LogP contribution in [0.4, 0.5) is 15.8 Å². The second-order valence-electron chi connectivity index (χ2n) is 6.69. The van der Waals surface area contributed by atoms with Crippen molar-refractivity contribution < 1.29 is 27.1 Å². The van der Waals surface area contributed by atoms with E-state index in [1.165, 1.54) is 68.8 Å². The summed E-state index contributed by atoms with van der Waals surface area (Å²) < 4.78 is 52.6. The van der Waals surface area contributed by atoms with Gasteiger partial charge in [-0.15, -0.1) is 0 Å². The Labute approximate surface area is 200 Å². The third-order valence-corrected chi connectivity index (χ3v) is 6.69. The van der Waals surface area contributed by atoms with Gasteiger partial charge in [-0.1, -0.05) is 35.3 Å². The zero-order valence-corrected chi connectivity index (χ0v) is 19.8. The highest BCUT2D eigenvalue weighted by atomic mass is 35.5. The minimum Gasteiger partial charge on any atom is -0.493 e. The number of carbonyl (C=O) groups is 1. The number of sulfonamides is 1. The summed E-state index contributed by atoms with van der Waals surface area (Å²) in [4.78, 5) is 12.5. The van der Waals surface area contributed by atoms with Gasteiger partial charge in [0.25, 0.3) is 10.0 Å². The molecule has 3 rings (SSSR count). The van der Waals surface area contributed by atoms with E-state index in [1.807, 2.05) is 0 Å². The van der Waals surface area contributed by atoms with Crippen LogP contribution in [-0.4, -0.2) is 35.1 Å². The predicted molar refractivity (Wildman–Crippen MR) is 126 cm³/mol. The summed E-state index contributed by atoms with van der Waals surface area (Å²) >= 11 is 11.9. The van der Waals surface area contributed by atoms with Gasteiger partial charge in [-0.2, -0.15) is 0 Å². The largest absolute Gasteiger partial charge is 0.493 e. The number of nitrogens with one attached hydrogen (secondary N) is 1. The maximum Gasteiger partial charge on any atom is 0.265 e. The molecule has 1 N–H and O–H groups in total. The quantitative estimate of drug-likeness (QED) is 0.459. The molecule has 0 aromatic heterocycles. The Bertz CT molecular complexity index is 1270. The lowest BCUT2D eigenvalue weighted by molar-refractivity contribution is -0.114. The first kappa shape index (κ1) is 24.6. The van der Waals surface area contributed by atoms with Crippen molar-refractivity contribution in [3.8, 4) is 11.5 Å². The van der Waals surface area contributed by atoms with Crippen molar-refractivity contribution in [2.45, 2.75) is 4.90 Å². The normalized spacial score (nSPS) is 11.1. The lowest BCUT2D eigenvalue weighted by atomic mass is 10.3. The average Bonchev–Trinajstić information content (AvgIpc) is 2.76. The molecule has 0 bridgehead atoms. The molecule has 0 spiro atoms. The van der Waals surface area contributed by atoms with E-state index < -0.39 is 28.3 Å². The van der Waals surface area contributed by atoms with Gasteiger partial charge in [-0.3, -0.25) is 9.10 Å². The van der Waals surface area contributed by atoms with Crippen LogP contribution in [0.25, 0.3) is 0 Å². The van der Waals surface area contributed by atoms with Crippen molar-refractivity contribution in [1.29, 1.82) is 0 Å². The Morgan fingerprint density at radius 3 is 2.21 bits per heavy atom. The smallest absolute Gasteiger partial charge is 0.265 e. The topological polar surface area (TPSA) is 84.9 Å². The number of amides is 1. The van der Waals surface area contributed by atoms with Gasteiger partial charge < -0.3 is 14.8 Å². The Morgan fingerprint density at radius 2 is 1.61 bits per heavy atom. The first-order valence-electron chi connectivity index (χ1n) is 9.41. The summed E-state index contributed by atoms with van der Waals surface area (Å²) in [6.45, 7) is -0.720. The molecule has 33 heavy (non-hydrogen) atoms. The Kier molecular flexibility index (Phi) is 7.68. The summed E-state index contributed by atoms with van der Waals surface area (Å²) in [5.41, 5.74) is -0.0407. The number of carbonyl (C=O) groups excluding carboxylic acids is 1. The van der Waals surface area contributed by atoms with E-state index in [1.54, 1.807) is 0 Å². The Balaban J connectivity index is 2.01. The molecule has 3 aromatic carbocycles. The number of ether oxygens (including phenoxy) is 2. The number of hydrogen-bond donors (Lipinski definition) is 1. The fourth-order valence-electron chi connectivity index (χ4n) is 3.01. The molecule has 0 radical (unpaired) electrons. The number of halogens is 3. The van der Waals surface area contributed by atoms with Gasteiger partial charge in [0.05, 0.1) is 24.8 Å². The van der Waals surface area contributed by atoms with Crippen LogP contribution in [0.3, 0.4) is 0 Å². The molecule has 0 atom stereocenters. The Hall–Kier alpha value is -3.01. The van der Waals surface area contributed by atoms with Gasteiger partial charge in [0, 0.05) is 21.8 Å². The van der Waals surface area contributed by atoms with E-state index in [0.717, 1.165) is 6.07 Å². The highest BCUT2D eigenvalue weighted by Gasteiger charge is 2.30. The highest BCUT2D eigenvalue weighted by molar-refractivity contribution is 7.92. The maximum absolute atomic E-state index is 14.6. The van der Waals surface area contributed by atoms with Crippen molar-refractivity contribution in [3.05, 3.63) is 76.5 Å². The zero-order chi connectivity index (χ0) is 24.2. The number of methoxy groups -OCH3 is 2. The molecule has 11 heteroatoms. The van der Waals surface area contributed by atoms with Gasteiger partial charge in [-0.25, -0.2) is 12.8 Å². The number of nitrogens with zero attached hydrogens (tertiary/aromatic N) is 1. The monoisotopic (exact) mass is 512 g/mol. The van der Waals surface area contributed by atoms with Crippen LogP contribution in [0.5, 0.6) is 11.5 Å². The van der Waals surface area contributed by atoms with Gasteiger partial charge >= 0.3 is 0 Å². The third kappa shape index (κ3) is 5.68. The predicted octanol–water partition coefficient (Wildman–Crippen LogP) is 4.98. The number of hydrogen-bond acceptors (Lipinski definition) is 5. The lowest BCUT2D eigenvalue weighted by Crippen LogP contribution is -2.38. The zero-order valence-electron chi connectivity index (χ0n) is 17.5. The fourth-order valence-corrected chi connectivity index (χ4v) is 4.99. The van der Waals surface area contributed by atoms with Crippen LogP contribution < -0.4 is 19.1 Å². The molecular weight excluding hydrogens is 494 g/mol. The van der Waals surface area contributed by atoms with Gasteiger partial charge in [-0.05, 0) is 42.5 Å². The van der Waals surface area contributed by atoms with E-state index in [0.29, 0.717) is 10.1 Å². The van der Waals surface area contributed by atoms with Crippen LogP contribution >= 0.6 is 23.2 Å². The van der Waals surface area contributed by atoms with Crippen molar-refractivity contribution >= 4 is 50.5 Å². The minimum atomic E-state index is -4.39. The van der Waals surface area contributed by atoms with Gasteiger partial charge in [0.2, 0.25) is 5.91 Å². The van der Waals surface area contributed by atoms with E-state index in [-0.39, 0.29) is 32.1 Å². The molecule has 0 aliphatic carbocycles. The van der Waals surface area contributed by atoms with Crippen LogP contribution in [0.1, 0.15) is 0 Å². The summed E-state index contributed by atoms with van der Waals surface area (Å²) in [7, 11) is -1.63. The first-order valence-corrected chi connectivity index (χ1v) is 11.6. The summed E-state index contributed by atoms with van der Waals surface area (Å²) in [6, 6.07) is 13.5. The standard InChI is InChI=1S/C22H19Cl2FN2O5S/c1-31-20-8-7-17(12-21(20)32-2)33(29,30)27(19-6-4-3-5-18(19)25)13-22(28)26-16-10-14(23)9-15(24)11-16/h3-12H,13H2,1-2H3,(H,26,28). The van der Waals surface area contributed by atoms with E-state index in [2.05, 4.69) is 5.32 Å². The van der Waals surface area contributed by atoms with Crippen LogP contribution in [-0.2, 0) is 14.8 Å². The third-order valence-electron chi connectivity index (χ3n) is 4.50. The molecule has 0 aliphatic rings. The second-order valence-corrected chi connectivity index (χ2v) is 9.42. The molecule has 0 saturated carbocycles. The number of rotatable bonds is 8. The number of para-hydroxylation sites is 1. The molecule has 0 heterocycles.